The molecule has 2 rings (SSSR count). The molecule has 0 aliphatic heterocycles. The van der Waals surface area contributed by atoms with Gasteiger partial charge in [-0.1, -0.05) is 38.6 Å². The van der Waals surface area contributed by atoms with Crippen LogP contribution in [0.1, 0.15) is 37.0 Å². The Hall–Kier alpha value is -0.690. The van der Waals surface area contributed by atoms with E-state index in [4.69, 9.17) is 0 Å². The van der Waals surface area contributed by atoms with Gasteiger partial charge in [-0.05, 0) is 47.6 Å². The number of fused-ring (bicyclic) bond motifs is 1. The highest BCUT2D eigenvalue weighted by Gasteiger charge is 2.25. The van der Waals surface area contributed by atoms with Crippen LogP contribution in [0.25, 0.3) is 4.91 Å². The van der Waals surface area contributed by atoms with Crippen molar-refractivity contribution in [2.75, 3.05) is 6.26 Å². The van der Waals surface area contributed by atoms with E-state index in [1.165, 1.54) is 40.9 Å². The third-order valence-corrected chi connectivity index (χ3v) is 4.24. The van der Waals surface area contributed by atoms with Crippen LogP contribution in [0.15, 0.2) is 24.8 Å². The Kier molecular flexibility index (Phi) is 3.16. The van der Waals surface area contributed by atoms with Crippen LogP contribution in [0.5, 0.6) is 0 Å². The third kappa shape index (κ3) is 2.35. The molecule has 1 heteroatoms. The fraction of sp³-hybridized carbons (Fsp3) is 0.467. The molecular formula is C15H20S. The summed E-state index contributed by atoms with van der Waals surface area (Å²) < 4.78 is 0. The molecule has 1 aliphatic rings. The fourth-order valence-electron chi connectivity index (χ4n) is 2.40. The van der Waals surface area contributed by atoms with E-state index in [0.717, 1.165) is 0 Å². The molecule has 0 amide bonds. The first kappa shape index (κ1) is 11.8. The molecule has 0 aromatic heterocycles. The van der Waals surface area contributed by atoms with Crippen LogP contribution in [0, 0.1) is 5.41 Å². The number of rotatable bonds is 2. The second-order valence-electron chi connectivity index (χ2n) is 5.45. The van der Waals surface area contributed by atoms with Gasteiger partial charge in [0.1, 0.15) is 0 Å². The average molecular weight is 232 g/mol. The Morgan fingerprint density at radius 2 is 2.06 bits per heavy atom. The number of thioether (sulfide) groups is 1. The summed E-state index contributed by atoms with van der Waals surface area (Å²) in [6, 6.07) is 6.85. The van der Waals surface area contributed by atoms with Crippen LogP contribution in [-0.2, 0) is 12.8 Å². The summed E-state index contributed by atoms with van der Waals surface area (Å²) in [6.07, 6.45) is 5.83. The minimum atomic E-state index is 0.465. The lowest BCUT2D eigenvalue weighted by Gasteiger charge is -2.31. The first-order valence-corrected chi connectivity index (χ1v) is 7.09. The minimum absolute atomic E-state index is 0.465. The Morgan fingerprint density at radius 3 is 2.75 bits per heavy atom. The van der Waals surface area contributed by atoms with Gasteiger partial charge in [0.15, 0.2) is 0 Å². The molecule has 86 valence electrons. The molecule has 1 aliphatic carbocycles. The summed E-state index contributed by atoms with van der Waals surface area (Å²) in [7, 11) is 0. The molecule has 1 aromatic rings. The van der Waals surface area contributed by atoms with E-state index in [1.54, 1.807) is 11.8 Å². The van der Waals surface area contributed by atoms with Gasteiger partial charge in [-0.2, -0.15) is 0 Å². The molecule has 0 spiro atoms. The van der Waals surface area contributed by atoms with Crippen molar-refractivity contribution in [3.63, 3.8) is 0 Å². The molecule has 16 heavy (non-hydrogen) atoms. The Bertz CT molecular complexity index is 415. The topological polar surface area (TPSA) is 0 Å². The molecule has 0 nitrogen and oxygen atoms in total. The molecule has 0 heterocycles. The van der Waals surface area contributed by atoms with E-state index in [1.807, 2.05) is 0 Å². The zero-order chi connectivity index (χ0) is 11.8. The maximum absolute atomic E-state index is 4.09. The van der Waals surface area contributed by atoms with Crippen molar-refractivity contribution in [1.29, 1.82) is 0 Å². The van der Waals surface area contributed by atoms with Gasteiger partial charge in [0.2, 0.25) is 0 Å². The molecule has 0 bridgehead atoms. The van der Waals surface area contributed by atoms with Crippen molar-refractivity contribution in [2.45, 2.75) is 33.1 Å². The van der Waals surface area contributed by atoms with Crippen molar-refractivity contribution in [2.24, 2.45) is 5.41 Å². The largest absolute Gasteiger partial charge is 0.130 e. The highest BCUT2D eigenvalue weighted by molar-refractivity contribution is 8.07. The van der Waals surface area contributed by atoms with Gasteiger partial charge in [-0.25, -0.2) is 0 Å². The first-order valence-electron chi connectivity index (χ1n) is 5.87. The smallest absolute Gasteiger partial charge is 0.00698 e. The van der Waals surface area contributed by atoms with Crippen LogP contribution in [0.3, 0.4) is 0 Å². The lowest BCUT2D eigenvalue weighted by molar-refractivity contribution is 0.315. The predicted molar refractivity (Wildman–Crippen MR) is 74.8 cm³/mol. The maximum Gasteiger partial charge on any atom is 0.00698 e. The van der Waals surface area contributed by atoms with E-state index >= 15 is 0 Å². The van der Waals surface area contributed by atoms with E-state index in [9.17, 15) is 0 Å². The van der Waals surface area contributed by atoms with Crippen LogP contribution < -0.4 is 0 Å². The highest BCUT2D eigenvalue weighted by Crippen LogP contribution is 2.36. The monoisotopic (exact) mass is 232 g/mol. The van der Waals surface area contributed by atoms with Gasteiger partial charge < -0.3 is 0 Å². The Balaban J connectivity index is 2.34. The SMILES string of the molecule is C=C(SC)c1ccc2c(c1)CC(C)(C)CC2. The number of benzene rings is 1. The molecule has 0 unspecified atom stereocenters. The highest BCUT2D eigenvalue weighted by atomic mass is 32.2. The van der Waals surface area contributed by atoms with Gasteiger partial charge in [0.05, 0.1) is 0 Å². The van der Waals surface area contributed by atoms with Crippen molar-refractivity contribution in [3.05, 3.63) is 41.5 Å². The molecule has 0 radical (unpaired) electrons. The van der Waals surface area contributed by atoms with Crippen molar-refractivity contribution >= 4 is 16.7 Å². The molecule has 0 fully saturated rings. The second kappa shape index (κ2) is 4.29. The number of hydrogen-bond donors (Lipinski definition) is 0. The summed E-state index contributed by atoms with van der Waals surface area (Å²) in [6.45, 7) is 8.83. The molecule has 0 N–H and O–H groups in total. The van der Waals surface area contributed by atoms with E-state index in [2.05, 4.69) is 44.9 Å². The average Bonchev–Trinajstić information content (AvgIpc) is 2.25. The molecule has 0 atom stereocenters. The standard InChI is InChI=1S/C15H20S/c1-11(16-4)13-6-5-12-7-8-15(2,3)10-14(12)9-13/h5-6,9H,1,7-8,10H2,2-4H3. The zero-order valence-corrected chi connectivity index (χ0v) is 11.3. The van der Waals surface area contributed by atoms with Gasteiger partial charge in [-0.15, -0.1) is 11.8 Å². The van der Waals surface area contributed by atoms with E-state index < -0.39 is 0 Å². The zero-order valence-electron chi connectivity index (χ0n) is 10.5. The van der Waals surface area contributed by atoms with Crippen molar-refractivity contribution in [1.82, 2.24) is 0 Å². The molecule has 1 aromatic carbocycles. The predicted octanol–water partition coefficient (Wildman–Crippen LogP) is 4.54. The maximum atomic E-state index is 4.09. The number of aryl methyl sites for hydroxylation is 1. The Morgan fingerprint density at radius 1 is 1.31 bits per heavy atom. The van der Waals surface area contributed by atoms with Crippen LogP contribution in [0.4, 0.5) is 0 Å². The Labute approximate surface area is 103 Å². The third-order valence-electron chi connectivity index (χ3n) is 3.51. The van der Waals surface area contributed by atoms with Gasteiger partial charge >= 0.3 is 0 Å². The normalized spacial score (nSPS) is 17.9. The van der Waals surface area contributed by atoms with Crippen molar-refractivity contribution < 1.29 is 0 Å². The first-order chi connectivity index (χ1) is 7.52. The second-order valence-corrected chi connectivity index (χ2v) is 6.35. The molecular weight excluding hydrogens is 212 g/mol. The van der Waals surface area contributed by atoms with Gasteiger partial charge in [0.25, 0.3) is 0 Å². The summed E-state index contributed by atoms with van der Waals surface area (Å²) in [4.78, 5) is 1.17. The van der Waals surface area contributed by atoms with Gasteiger partial charge in [0, 0.05) is 4.91 Å². The van der Waals surface area contributed by atoms with Crippen LogP contribution in [0.2, 0.25) is 0 Å². The lowest BCUT2D eigenvalue weighted by atomic mass is 9.74. The molecule has 0 saturated heterocycles. The number of hydrogen-bond acceptors (Lipinski definition) is 1. The van der Waals surface area contributed by atoms with Crippen LogP contribution >= 0.6 is 11.8 Å². The van der Waals surface area contributed by atoms with E-state index in [0.29, 0.717) is 5.41 Å². The minimum Gasteiger partial charge on any atom is -0.130 e. The quantitative estimate of drug-likeness (QED) is 0.721. The summed E-state index contributed by atoms with van der Waals surface area (Å²) in [5.74, 6) is 0. The lowest BCUT2D eigenvalue weighted by Crippen LogP contribution is -2.22. The van der Waals surface area contributed by atoms with E-state index in [-0.39, 0.29) is 0 Å². The fourth-order valence-corrected chi connectivity index (χ4v) is 2.77. The van der Waals surface area contributed by atoms with Crippen LogP contribution in [-0.4, -0.2) is 6.26 Å². The summed E-state index contributed by atoms with van der Waals surface area (Å²) in [5.41, 5.74) is 4.83. The summed E-state index contributed by atoms with van der Waals surface area (Å²) in [5, 5.41) is 0. The molecule has 0 saturated carbocycles. The van der Waals surface area contributed by atoms with Gasteiger partial charge in [-0.3, -0.25) is 0 Å². The summed E-state index contributed by atoms with van der Waals surface area (Å²) >= 11 is 1.73. The van der Waals surface area contributed by atoms with Crippen molar-refractivity contribution in [3.8, 4) is 0 Å².